The Bertz CT molecular complexity index is 3290. The van der Waals surface area contributed by atoms with Crippen molar-refractivity contribution in [3.63, 3.8) is 0 Å². The van der Waals surface area contributed by atoms with Crippen LogP contribution in [0, 0.1) is 0 Å². The van der Waals surface area contributed by atoms with Crippen LogP contribution in [0.1, 0.15) is 0 Å². The fourth-order valence-electron chi connectivity index (χ4n) is 8.56. The molecular weight excluding hydrogens is 805 g/mol. The summed E-state index contributed by atoms with van der Waals surface area (Å²) in [6, 6.07) is 93.2. The second-order valence-corrected chi connectivity index (χ2v) is 16.2. The highest BCUT2D eigenvalue weighted by atomic mass is 16.3. The molecule has 0 radical (unpaired) electrons. The van der Waals surface area contributed by atoms with Gasteiger partial charge >= 0.3 is 0 Å². The Kier molecular flexibility index (Phi) is 10.9. The summed E-state index contributed by atoms with van der Waals surface area (Å²) in [7, 11) is 0. The van der Waals surface area contributed by atoms with Crippen LogP contribution in [0.2, 0.25) is 0 Å². The average molecular weight is 849 g/mol. The van der Waals surface area contributed by atoms with Crippen LogP contribution >= 0.6 is 0 Å². The molecule has 4 heteroatoms. The van der Waals surface area contributed by atoms with E-state index in [1.54, 1.807) is 0 Å². The maximum absolute atomic E-state index is 6.27. The third-order valence-electron chi connectivity index (χ3n) is 12.0. The Morgan fingerprint density at radius 2 is 0.364 bits per heavy atom. The molecule has 0 atom stereocenters. The lowest BCUT2D eigenvalue weighted by atomic mass is 10.0. The quantitative estimate of drug-likeness (QED) is 0.123. The molecule has 0 aliphatic rings. The smallest absolute Gasteiger partial charge is 0.134 e. The zero-order valence-electron chi connectivity index (χ0n) is 36.1. The molecule has 314 valence electrons. The van der Waals surface area contributed by atoms with Gasteiger partial charge in [0.1, 0.15) is 23.0 Å². The van der Waals surface area contributed by atoms with Crippen molar-refractivity contribution in [3.8, 4) is 67.5 Å². The van der Waals surface area contributed by atoms with Crippen molar-refractivity contribution in [2.75, 3.05) is 9.80 Å². The molecule has 66 heavy (non-hydrogen) atoms. The number of furan rings is 2. The lowest BCUT2D eigenvalue weighted by Gasteiger charge is -2.26. The van der Waals surface area contributed by atoms with Crippen LogP contribution in [-0.4, -0.2) is 0 Å². The number of hydrogen-bond donors (Lipinski definition) is 0. The Hall–Kier alpha value is -8.86. The largest absolute Gasteiger partial charge is 0.456 e. The molecule has 0 spiro atoms. The standard InChI is InChI=1S/C62H44N2O2/c1-5-13-49(14-6-1)59-41-43-61(65-59)51-23-21-45(22-24-51)46-25-33-55(34-26-46)63(53-17-9-3-10-18-53)56-35-27-47(28-36-56)48-29-37-57(38-30-48)64(54-19-11-4-12-20-54)58-39-31-52(32-40-58)62-44-42-60(66-62)50-15-7-2-8-16-50/h1-44H. The Labute approximate surface area is 385 Å². The maximum Gasteiger partial charge on any atom is 0.134 e. The first-order chi connectivity index (χ1) is 32.7. The van der Waals surface area contributed by atoms with Crippen molar-refractivity contribution >= 4 is 34.1 Å². The van der Waals surface area contributed by atoms with Crippen LogP contribution in [0.4, 0.5) is 34.1 Å². The minimum atomic E-state index is 0.842. The summed E-state index contributed by atoms with van der Waals surface area (Å²) in [5, 5.41) is 0. The summed E-state index contributed by atoms with van der Waals surface area (Å²) < 4.78 is 12.5. The van der Waals surface area contributed by atoms with Gasteiger partial charge in [-0.15, -0.1) is 0 Å². The second-order valence-electron chi connectivity index (χ2n) is 16.2. The monoisotopic (exact) mass is 848 g/mol. The van der Waals surface area contributed by atoms with Crippen LogP contribution < -0.4 is 9.80 Å². The van der Waals surface area contributed by atoms with Gasteiger partial charge in [0.15, 0.2) is 0 Å². The zero-order chi connectivity index (χ0) is 44.1. The fourth-order valence-corrected chi connectivity index (χ4v) is 8.56. The Morgan fingerprint density at radius 3 is 0.652 bits per heavy atom. The molecular formula is C62H44N2O2. The van der Waals surface area contributed by atoms with E-state index in [9.17, 15) is 0 Å². The average Bonchev–Trinajstić information content (AvgIpc) is 4.11. The zero-order valence-corrected chi connectivity index (χ0v) is 36.1. The fraction of sp³-hybridized carbons (Fsp3) is 0. The summed E-state index contributed by atoms with van der Waals surface area (Å²) in [6.45, 7) is 0. The SMILES string of the molecule is c1ccc(-c2ccc(-c3ccc(-c4ccc(N(c5ccccc5)c5ccc(-c6ccc(N(c7ccccc7)c7ccc(-c8ccc(-c9ccccc9)o8)cc7)cc6)cc5)cc4)cc3)o2)cc1. The molecule has 0 fully saturated rings. The summed E-state index contributed by atoms with van der Waals surface area (Å²) in [5.74, 6) is 3.42. The van der Waals surface area contributed by atoms with Gasteiger partial charge in [-0.25, -0.2) is 0 Å². The molecule has 0 bridgehead atoms. The summed E-state index contributed by atoms with van der Waals surface area (Å²) in [4.78, 5) is 4.59. The van der Waals surface area contributed by atoms with Gasteiger partial charge in [0.25, 0.3) is 0 Å². The first-order valence-electron chi connectivity index (χ1n) is 22.2. The van der Waals surface area contributed by atoms with Crippen molar-refractivity contribution in [2.45, 2.75) is 0 Å². The summed E-state index contributed by atoms with van der Waals surface area (Å²) in [5.41, 5.74) is 15.3. The molecule has 2 aromatic heterocycles. The van der Waals surface area contributed by atoms with Gasteiger partial charge in [-0.2, -0.15) is 0 Å². The van der Waals surface area contributed by atoms with Crippen LogP contribution in [0.5, 0.6) is 0 Å². The first-order valence-corrected chi connectivity index (χ1v) is 22.2. The van der Waals surface area contributed by atoms with Gasteiger partial charge in [-0.1, -0.05) is 158 Å². The molecule has 4 nitrogen and oxygen atoms in total. The Balaban J connectivity index is 0.820. The third kappa shape index (κ3) is 8.35. The maximum atomic E-state index is 6.27. The molecule has 0 saturated heterocycles. The van der Waals surface area contributed by atoms with E-state index in [1.807, 2.05) is 60.7 Å². The molecule has 11 aromatic rings. The van der Waals surface area contributed by atoms with Gasteiger partial charge in [-0.3, -0.25) is 0 Å². The van der Waals surface area contributed by atoms with Gasteiger partial charge in [0.05, 0.1) is 0 Å². The summed E-state index contributed by atoms with van der Waals surface area (Å²) in [6.07, 6.45) is 0. The number of benzene rings is 9. The third-order valence-corrected chi connectivity index (χ3v) is 12.0. The highest BCUT2D eigenvalue weighted by Crippen LogP contribution is 2.40. The van der Waals surface area contributed by atoms with E-state index in [1.165, 1.54) is 0 Å². The van der Waals surface area contributed by atoms with Crippen molar-refractivity contribution in [1.82, 2.24) is 0 Å². The van der Waals surface area contributed by atoms with Gasteiger partial charge in [0.2, 0.25) is 0 Å². The molecule has 0 unspecified atom stereocenters. The van der Waals surface area contributed by atoms with E-state index in [4.69, 9.17) is 8.83 Å². The highest BCUT2D eigenvalue weighted by molar-refractivity contribution is 5.82. The normalized spacial score (nSPS) is 11.0. The van der Waals surface area contributed by atoms with Crippen molar-refractivity contribution < 1.29 is 8.83 Å². The van der Waals surface area contributed by atoms with E-state index in [0.29, 0.717) is 0 Å². The van der Waals surface area contributed by atoms with Gasteiger partial charge in [-0.05, 0) is 131 Å². The number of anilines is 6. The molecule has 2 heterocycles. The van der Waals surface area contributed by atoms with Gasteiger partial charge in [0, 0.05) is 56.4 Å². The number of rotatable bonds is 12. The highest BCUT2D eigenvalue weighted by Gasteiger charge is 2.16. The summed E-state index contributed by atoms with van der Waals surface area (Å²) >= 11 is 0. The van der Waals surface area contributed by atoms with Crippen molar-refractivity contribution in [3.05, 3.63) is 267 Å². The van der Waals surface area contributed by atoms with Crippen LogP contribution in [0.15, 0.2) is 276 Å². The number of hydrogen-bond acceptors (Lipinski definition) is 4. The molecule has 0 N–H and O–H groups in total. The van der Waals surface area contributed by atoms with Crippen LogP contribution in [-0.2, 0) is 0 Å². The first kappa shape index (κ1) is 40.0. The molecule has 11 rings (SSSR count). The lowest BCUT2D eigenvalue weighted by molar-refractivity contribution is 0.597. The number of para-hydroxylation sites is 2. The predicted octanol–water partition coefficient (Wildman–Crippen LogP) is 17.8. The minimum Gasteiger partial charge on any atom is -0.456 e. The molecule has 0 amide bonds. The molecule has 9 aromatic carbocycles. The van der Waals surface area contributed by atoms with Crippen molar-refractivity contribution in [2.24, 2.45) is 0 Å². The Morgan fingerprint density at radius 1 is 0.167 bits per heavy atom. The molecule has 0 saturated carbocycles. The van der Waals surface area contributed by atoms with E-state index >= 15 is 0 Å². The topological polar surface area (TPSA) is 32.8 Å². The lowest BCUT2D eigenvalue weighted by Crippen LogP contribution is -2.10. The van der Waals surface area contributed by atoms with E-state index < -0.39 is 0 Å². The second kappa shape index (κ2) is 18.1. The minimum absolute atomic E-state index is 0.842. The van der Waals surface area contributed by atoms with E-state index in [-0.39, 0.29) is 0 Å². The molecule has 0 aliphatic carbocycles. The van der Waals surface area contributed by atoms with Crippen LogP contribution in [0.25, 0.3) is 67.5 Å². The molecule has 0 aliphatic heterocycles. The van der Waals surface area contributed by atoms with Crippen LogP contribution in [0.3, 0.4) is 0 Å². The van der Waals surface area contributed by atoms with Crippen molar-refractivity contribution in [1.29, 1.82) is 0 Å². The van der Waals surface area contributed by atoms with Gasteiger partial charge < -0.3 is 18.6 Å². The van der Waals surface area contributed by atoms with E-state index in [0.717, 1.165) is 102 Å². The van der Waals surface area contributed by atoms with E-state index in [2.05, 4.69) is 216 Å². The number of nitrogens with zero attached hydrogens (tertiary/aromatic N) is 2. The predicted molar refractivity (Wildman–Crippen MR) is 273 cm³/mol.